The predicted octanol–water partition coefficient (Wildman–Crippen LogP) is 5.24. The number of fused-ring (bicyclic) bond motifs is 9. The first-order chi connectivity index (χ1) is 30.1. The molecule has 0 spiro atoms. The van der Waals surface area contributed by atoms with Crippen molar-refractivity contribution in [3.63, 3.8) is 0 Å². The SMILES string of the molecule is C.[2H]C1([2H])Oc2ccc([C@@H]3c4[nH]c5ccccc5c4C[C@@H]4C(=O)N(N)CC(=O)N34)cc2O1.[2H]C1([2H])Oc2ccc([C@@H]3c4[nH]c5ccccc5c4C[C@H](C(=O)OC)N3C(=O)CCl)cc2O1. The number of carbonyl (C=O) groups excluding carboxylic acids is 4. The Bertz CT molecular complexity index is 2910. The Balaban J connectivity index is 0.000000160. The van der Waals surface area contributed by atoms with Gasteiger partial charge in [0.25, 0.3) is 5.91 Å². The lowest BCUT2D eigenvalue weighted by Gasteiger charge is -2.46. The number of hydrogen-bond donors (Lipinski definition) is 3. The van der Waals surface area contributed by atoms with E-state index in [0.29, 0.717) is 17.5 Å². The number of piperazine rings is 1. The van der Waals surface area contributed by atoms with Crippen LogP contribution in [-0.4, -0.2) is 93.6 Å². The Hall–Kier alpha value is -6.71. The second kappa shape index (κ2) is 15.1. The number of H-pyrrole nitrogens is 2. The summed E-state index contributed by atoms with van der Waals surface area (Å²) in [5.74, 6) is 4.98. The fraction of sp³-hybridized carbons (Fsp3) is 0.273. The average Bonchev–Trinajstić information content (AvgIpc) is 4.00. The molecule has 0 unspecified atom stereocenters. The molecule has 1 fully saturated rings. The number of para-hydroxylation sites is 2. The summed E-state index contributed by atoms with van der Waals surface area (Å²) in [7, 11) is 1.29. The van der Waals surface area contributed by atoms with E-state index in [1.807, 2.05) is 48.5 Å². The van der Waals surface area contributed by atoms with Crippen LogP contribution in [-0.2, 0) is 36.8 Å². The van der Waals surface area contributed by atoms with Gasteiger partial charge >= 0.3 is 5.97 Å². The van der Waals surface area contributed by atoms with Gasteiger partial charge in [-0.1, -0.05) is 56.0 Å². The molecular weight excluding hydrogens is 792 g/mol. The van der Waals surface area contributed by atoms with E-state index in [1.54, 1.807) is 41.3 Å². The van der Waals surface area contributed by atoms with E-state index in [0.717, 1.165) is 49.3 Å². The number of amides is 3. The second-order valence-electron chi connectivity index (χ2n) is 14.6. The van der Waals surface area contributed by atoms with E-state index in [4.69, 9.17) is 46.6 Å². The van der Waals surface area contributed by atoms with Crippen LogP contribution < -0.4 is 24.8 Å². The van der Waals surface area contributed by atoms with Gasteiger partial charge in [-0.3, -0.25) is 19.4 Å². The quantitative estimate of drug-likeness (QED) is 0.0920. The summed E-state index contributed by atoms with van der Waals surface area (Å²) in [6.07, 6.45) is 0.638. The van der Waals surface area contributed by atoms with Gasteiger partial charge in [-0.05, 0) is 58.7 Å². The smallest absolute Gasteiger partial charge is 0.328 e. The third kappa shape index (κ3) is 6.15. The van der Waals surface area contributed by atoms with Crippen molar-refractivity contribution in [1.29, 1.82) is 0 Å². The third-order valence-corrected chi connectivity index (χ3v) is 11.7. The van der Waals surface area contributed by atoms with Crippen molar-refractivity contribution in [2.45, 2.75) is 44.4 Å². The molecule has 6 aromatic rings. The van der Waals surface area contributed by atoms with E-state index in [-0.39, 0.29) is 61.1 Å². The molecule has 16 heteroatoms. The number of halogens is 1. The lowest BCUT2D eigenvalue weighted by Crippen LogP contribution is -2.64. The normalized spacial score (nSPS) is 23.5. The number of nitrogens with one attached hydrogen (secondary N) is 2. The van der Waals surface area contributed by atoms with Gasteiger partial charge in [0.1, 0.15) is 30.0 Å². The number of hydrazine groups is 1. The number of nitrogens with zero attached hydrogens (tertiary/aromatic N) is 3. The van der Waals surface area contributed by atoms with Crippen molar-refractivity contribution >= 4 is 57.1 Å². The number of ether oxygens (including phenoxy) is 5. The summed E-state index contributed by atoms with van der Waals surface area (Å²) in [6, 6.07) is 22.6. The van der Waals surface area contributed by atoms with Crippen LogP contribution in [0.1, 0.15) is 58.6 Å². The zero-order valence-corrected chi connectivity index (χ0v) is 31.9. The molecule has 0 radical (unpaired) electrons. The van der Waals surface area contributed by atoms with E-state index < -0.39 is 49.5 Å². The Morgan fingerprint density at radius 1 is 0.800 bits per heavy atom. The molecule has 15 nitrogen and oxygen atoms in total. The van der Waals surface area contributed by atoms with Gasteiger partial charge in [-0.2, -0.15) is 0 Å². The predicted molar refractivity (Wildman–Crippen MR) is 219 cm³/mol. The van der Waals surface area contributed by atoms with Crippen molar-refractivity contribution < 1.29 is 48.3 Å². The first kappa shape index (κ1) is 34.2. The minimum absolute atomic E-state index is 0. The molecule has 11 rings (SSSR count). The van der Waals surface area contributed by atoms with Crippen molar-refractivity contribution in [2.24, 2.45) is 5.84 Å². The number of aromatic nitrogens is 2. The summed E-state index contributed by atoms with van der Waals surface area (Å²) < 4.78 is 56.7. The molecule has 0 saturated carbocycles. The van der Waals surface area contributed by atoms with Crippen molar-refractivity contribution in [1.82, 2.24) is 24.8 Å². The van der Waals surface area contributed by atoms with Gasteiger partial charge < -0.3 is 43.5 Å². The molecule has 0 aliphatic carbocycles. The number of esters is 1. The van der Waals surface area contributed by atoms with Gasteiger partial charge in [0.2, 0.25) is 25.3 Å². The summed E-state index contributed by atoms with van der Waals surface area (Å²) in [4.78, 5) is 61.6. The Labute approximate surface area is 354 Å². The monoisotopic (exact) mass is 836 g/mol. The molecule has 3 amide bonds. The first-order valence-corrected chi connectivity index (χ1v) is 19.2. The molecular formula is C44H41ClN6O9. The zero-order chi connectivity index (χ0) is 44.1. The van der Waals surface area contributed by atoms with E-state index >= 15 is 0 Å². The third-order valence-electron chi connectivity index (χ3n) is 11.5. The number of carbonyl (C=O) groups is 4. The molecule has 4 aromatic carbocycles. The zero-order valence-electron chi connectivity index (χ0n) is 35.2. The van der Waals surface area contributed by atoms with Crippen LogP contribution in [0.5, 0.6) is 23.0 Å². The van der Waals surface area contributed by atoms with Gasteiger partial charge in [0.05, 0.1) is 19.2 Å². The van der Waals surface area contributed by atoms with Crippen LogP contribution in [0.2, 0.25) is 0 Å². The highest BCUT2D eigenvalue weighted by molar-refractivity contribution is 6.27. The molecule has 5 aliphatic heterocycles. The number of benzene rings is 4. The maximum Gasteiger partial charge on any atom is 0.328 e. The number of nitrogens with two attached hydrogens (primary N) is 1. The van der Waals surface area contributed by atoms with Crippen molar-refractivity contribution in [2.75, 3.05) is 33.0 Å². The Morgan fingerprint density at radius 3 is 1.92 bits per heavy atom. The van der Waals surface area contributed by atoms with Gasteiger partial charge in [-0.15, -0.1) is 11.6 Å². The average molecular weight is 837 g/mol. The summed E-state index contributed by atoms with van der Waals surface area (Å²) >= 11 is 5.94. The number of alkyl halides is 1. The molecule has 1 saturated heterocycles. The fourth-order valence-corrected chi connectivity index (χ4v) is 9.04. The van der Waals surface area contributed by atoms with Gasteiger partial charge in [0, 0.05) is 46.0 Å². The number of aromatic amines is 2. The molecule has 2 aromatic heterocycles. The van der Waals surface area contributed by atoms with Crippen molar-refractivity contribution in [3.8, 4) is 23.0 Å². The summed E-state index contributed by atoms with van der Waals surface area (Å²) in [5.41, 5.74) is 6.55. The second-order valence-corrected chi connectivity index (χ2v) is 14.9. The van der Waals surface area contributed by atoms with Crippen LogP contribution in [0.15, 0.2) is 84.9 Å². The van der Waals surface area contributed by atoms with Gasteiger partial charge in [-0.25, -0.2) is 10.6 Å². The highest BCUT2D eigenvalue weighted by Crippen LogP contribution is 2.46. The van der Waals surface area contributed by atoms with Crippen LogP contribution in [0.25, 0.3) is 21.8 Å². The number of rotatable bonds is 4. The Kier molecular flexibility index (Phi) is 8.63. The number of methoxy groups -OCH3 is 1. The van der Waals surface area contributed by atoms with Crippen molar-refractivity contribution in [3.05, 3.63) is 119 Å². The minimum Gasteiger partial charge on any atom is -0.467 e. The highest BCUT2D eigenvalue weighted by Gasteiger charge is 2.48. The topological polar surface area (TPSA) is 182 Å². The van der Waals surface area contributed by atoms with Crippen LogP contribution >= 0.6 is 11.6 Å². The summed E-state index contributed by atoms with van der Waals surface area (Å²) in [5, 5.41) is 2.93. The standard InChI is InChI=1S/C22H19ClN2O5.C21H18N4O4.CH4/c1-28-22(27)16-9-14-13-4-2-3-5-15(13)24-20(14)21(25(16)19(26)10-23)12-6-7-17-18(8-12)30-11-29-17;22-24-9-18(26)25-15(21(24)27)8-13-12-3-1-2-4-14(12)23-19(13)20(25)11-5-6-16-17(7-11)29-10-28-16;/h2-8,16,21,24H,9-11H2,1H3;1-7,15,20,23H,8-10,22H2;1H4/t16-,21-;15-,20-;/m11./s1/i11D2;10D2;. The Morgan fingerprint density at radius 2 is 1.33 bits per heavy atom. The minimum atomic E-state index is -2.28. The fourth-order valence-electron chi connectivity index (χ4n) is 8.90. The maximum absolute atomic E-state index is 13.1. The molecule has 7 heterocycles. The lowest BCUT2D eigenvalue weighted by atomic mass is 9.86. The highest BCUT2D eigenvalue weighted by atomic mass is 35.5. The molecule has 308 valence electrons. The lowest BCUT2D eigenvalue weighted by molar-refractivity contribution is -0.158. The maximum atomic E-state index is 13.1. The molecule has 5 aliphatic rings. The largest absolute Gasteiger partial charge is 0.467 e. The first-order valence-electron chi connectivity index (χ1n) is 20.7. The number of hydrogen-bond acceptors (Lipinski definition) is 10. The van der Waals surface area contributed by atoms with Crippen LogP contribution in [0.3, 0.4) is 0 Å². The van der Waals surface area contributed by atoms with E-state index in [2.05, 4.69) is 9.97 Å². The summed E-state index contributed by atoms with van der Waals surface area (Å²) in [6.45, 7) is -4.73. The van der Waals surface area contributed by atoms with E-state index in [9.17, 15) is 19.2 Å². The molecule has 0 bridgehead atoms. The van der Waals surface area contributed by atoms with Crippen LogP contribution in [0.4, 0.5) is 0 Å². The van der Waals surface area contributed by atoms with Gasteiger partial charge in [0.15, 0.2) is 23.0 Å². The molecule has 4 atom stereocenters. The van der Waals surface area contributed by atoms with E-state index in [1.165, 1.54) is 12.0 Å². The molecule has 4 N–H and O–H groups in total. The molecule has 60 heavy (non-hydrogen) atoms. The van der Waals surface area contributed by atoms with Crippen LogP contribution in [0, 0.1) is 0 Å².